The van der Waals surface area contributed by atoms with Crippen LogP contribution in [0.25, 0.3) is 0 Å². The minimum absolute atomic E-state index is 0.101. The lowest BCUT2D eigenvalue weighted by atomic mass is 9.80. The minimum atomic E-state index is -0.949. The molecule has 8 nitrogen and oxygen atoms in total. The van der Waals surface area contributed by atoms with E-state index in [1.807, 2.05) is 43.3 Å². The van der Waals surface area contributed by atoms with Gasteiger partial charge in [-0.2, -0.15) is 0 Å². The fourth-order valence-electron chi connectivity index (χ4n) is 6.37. The normalized spacial score (nSPS) is 17.9. The third-order valence-electron chi connectivity index (χ3n) is 8.90. The number of carbonyl (C=O) groups is 1. The van der Waals surface area contributed by atoms with Gasteiger partial charge in [-0.25, -0.2) is 0 Å². The summed E-state index contributed by atoms with van der Waals surface area (Å²) in [5.41, 5.74) is 3.34. The number of carbonyl (C=O) groups excluding carboxylic acids is 1. The molecule has 2 N–H and O–H groups in total. The topological polar surface area (TPSA) is 89.5 Å². The summed E-state index contributed by atoms with van der Waals surface area (Å²) >= 11 is 12.6. The highest BCUT2D eigenvalue weighted by molar-refractivity contribution is 6.37. The van der Waals surface area contributed by atoms with Crippen molar-refractivity contribution in [3.05, 3.63) is 86.9 Å². The molecule has 1 aliphatic heterocycles. The van der Waals surface area contributed by atoms with Gasteiger partial charge in [0, 0.05) is 32.8 Å². The largest absolute Gasteiger partial charge is 0.491 e. The average molecular weight is 714 g/mol. The van der Waals surface area contributed by atoms with Gasteiger partial charge < -0.3 is 34.3 Å². The number of ether oxygens (including phenoxy) is 4. The van der Waals surface area contributed by atoms with E-state index >= 15 is 0 Å². The third-order valence-corrected chi connectivity index (χ3v) is 9.47. The fraction of sp³-hybridized carbons (Fsp3) is 0.513. The third kappa shape index (κ3) is 11.0. The Balaban J connectivity index is 1.24. The summed E-state index contributed by atoms with van der Waals surface area (Å²) in [6.07, 6.45) is 4.65. The molecule has 266 valence electrons. The molecule has 1 heterocycles. The van der Waals surface area contributed by atoms with E-state index in [9.17, 15) is 9.90 Å². The number of amides is 1. The molecule has 1 aliphatic carbocycles. The number of aryl methyl sites for hydroxylation is 2. The van der Waals surface area contributed by atoms with Gasteiger partial charge in [-0.15, -0.1) is 0 Å². The highest BCUT2D eigenvalue weighted by Crippen LogP contribution is 2.37. The summed E-state index contributed by atoms with van der Waals surface area (Å²) in [7, 11) is 1.71. The number of hydrogen-bond acceptors (Lipinski definition) is 7. The summed E-state index contributed by atoms with van der Waals surface area (Å²) in [5.74, 6) is 2.03. The van der Waals surface area contributed by atoms with Crippen molar-refractivity contribution in [2.45, 2.75) is 77.0 Å². The number of rotatable bonds is 17. The lowest BCUT2D eigenvalue weighted by Gasteiger charge is -2.36. The van der Waals surface area contributed by atoms with Crippen LogP contribution in [-0.4, -0.2) is 74.2 Å². The molecule has 3 aromatic carbocycles. The van der Waals surface area contributed by atoms with Gasteiger partial charge in [0.05, 0.1) is 21.6 Å². The molecular formula is C39H50Cl2N2O6. The average Bonchev–Trinajstić information content (AvgIpc) is 3.91. The van der Waals surface area contributed by atoms with Gasteiger partial charge in [0.1, 0.15) is 31.3 Å². The Labute approximate surface area is 301 Å². The summed E-state index contributed by atoms with van der Waals surface area (Å²) in [6.45, 7) is 8.92. The molecular weight excluding hydrogens is 663 g/mol. The molecule has 10 heteroatoms. The predicted octanol–water partition coefficient (Wildman–Crippen LogP) is 7.37. The van der Waals surface area contributed by atoms with Crippen LogP contribution in [0, 0.1) is 12.8 Å². The smallest absolute Gasteiger partial charge is 0.228 e. The number of hydrogen-bond donors (Lipinski definition) is 2. The molecule has 1 amide bonds. The van der Waals surface area contributed by atoms with Crippen LogP contribution in [-0.2, 0) is 22.5 Å². The van der Waals surface area contributed by atoms with Crippen LogP contribution in [0.2, 0.25) is 10.0 Å². The van der Waals surface area contributed by atoms with Gasteiger partial charge >= 0.3 is 0 Å². The maximum absolute atomic E-state index is 14.4. The number of halogens is 2. The molecule has 49 heavy (non-hydrogen) atoms. The Morgan fingerprint density at radius 3 is 2.29 bits per heavy atom. The maximum atomic E-state index is 14.4. The molecule has 1 saturated carbocycles. The zero-order valence-corrected chi connectivity index (χ0v) is 30.6. The van der Waals surface area contributed by atoms with Crippen molar-refractivity contribution in [2.24, 2.45) is 5.92 Å². The quantitative estimate of drug-likeness (QED) is 0.141. The Bertz CT molecular complexity index is 1520. The van der Waals surface area contributed by atoms with Crippen molar-refractivity contribution in [2.75, 3.05) is 46.6 Å². The van der Waals surface area contributed by atoms with Crippen molar-refractivity contribution in [3.63, 3.8) is 0 Å². The Morgan fingerprint density at radius 1 is 0.918 bits per heavy atom. The second-order valence-electron chi connectivity index (χ2n) is 13.9. The first-order chi connectivity index (χ1) is 23.5. The van der Waals surface area contributed by atoms with Gasteiger partial charge in [0.25, 0.3) is 0 Å². The number of piperidine rings is 1. The SMILES string of the molecule is COCCCc1cc(CN(C(=O)[C@H]2CNCCC2c2ccc(OCCOc3c(Cl)cc(C)cc3Cl)cc2)C2CC2)cc(OCC(C)(C)O)c1. The van der Waals surface area contributed by atoms with Crippen molar-refractivity contribution in [1.82, 2.24) is 10.2 Å². The second kappa shape index (κ2) is 17.3. The molecule has 2 atom stereocenters. The Kier molecular flexibility index (Phi) is 13.1. The van der Waals surface area contributed by atoms with E-state index in [0.717, 1.165) is 66.7 Å². The zero-order valence-electron chi connectivity index (χ0n) is 29.1. The van der Waals surface area contributed by atoms with E-state index in [1.165, 1.54) is 0 Å². The maximum Gasteiger partial charge on any atom is 0.228 e. The summed E-state index contributed by atoms with van der Waals surface area (Å²) < 4.78 is 23.0. The van der Waals surface area contributed by atoms with Crippen LogP contribution in [0.15, 0.2) is 54.6 Å². The molecule has 0 spiro atoms. The number of nitrogens with one attached hydrogen (secondary N) is 1. The minimum Gasteiger partial charge on any atom is -0.491 e. The van der Waals surface area contributed by atoms with Crippen molar-refractivity contribution < 1.29 is 28.8 Å². The van der Waals surface area contributed by atoms with Crippen molar-refractivity contribution in [1.29, 1.82) is 0 Å². The monoisotopic (exact) mass is 712 g/mol. The van der Waals surface area contributed by atoms with Crippen LogP contribution in [0.3, 0.4) is 0 Å². The van der Waals surface area contributed by atoms with Crippen LogP contribution in [0.5, 0.6) is 17.2 Å². The zero-order chi connectivity index (χ0) is 35.0. The van der Waals surface area contributed by atoms with Crippen LogP contribution in [0.1, 0.15) is 67.7 Å². The van der Waals surface area contributed by atoms with E-state index in [2.05, 4.69) is 28.4 Å². The number of benzene rings is 3. The fourth-order valence-corrected chi connectivity index (χ4v) is 7.07. The number of methoxy groups -OCH3 is 1. The molecule has 1 unspecified atom stereocenters. The highest BCUT2D eigenvalue weighted by atomic mass is 35.5. The van der Waals surface area contributed by atoms with Crippen molar-refractivity contribution >= 4 is 29.1 Å². The van der Waals surface area contributed by atoms with Crippen LogP contribution < -0.4 is 19.5 Å². The van der Waals surface area contributed by atoms with Gasteiger partial charge in [-0.1, -0.05) is 41.4 Å². The predicted molar refractivity (Wildman–Crippen MR) is 194 cm³/mol. The molecule has 0 radical (unpaired) electrons. The molecule has 0 aromatic heterocycles. The van der Waals surface area contributed by atoms with Crippen molar-refractivity contribution in [3.8, 4) is 17.2 Å². The lowest BCUT2D eigenvalue weighted by molar-refractivity contribution is -0.138. The van der Waals surface area contributed by atoms with E-state index in [1.54, 1.807) is 21.0 Å². The molecule has 0 bridgehead atoms. The lowest BCUT2D eigenvalue weighted by Crippen LogP contribution is -2.47. The molecule has 2 fully saturated rings. The summed E-state index contributed by atoms with van der Waals surface area (Å²) in [4.78, 5) is 16.5. The molecule has 2 aliphatic rings. The van der Waals surface area contributed by atoms with Gasteiger partial charge in [-0.3, -0.25) is 4.79 Å². The number of aliphatic hydroxyl groups is 1. The first-order valence-corrected chi connectivity index (χ1v) is 18.1. The van der Waals surface area contributed by atoms with Gasteiger partial charge in [0.2, 0.25) is 5.91 Å². The Hall–Kier alpha value is -3.01. The van der Waals surface area contributed by atoms with E-state index in [0.29, 0.717) is 54.5 Å². The van der Waals surface area contributed by atoms with Gasteiger partial charge in [-0.05, 0) is 124 Å². The molecule has 1 saturated heterocycles. The standard InChI is InChI=1S/C39H50Cl2N2O6/c1-26-18-35(40)37(36(41)19-26)48-17-16-47-31-11-7-29(8-12-31)33-13-14-42-23-34(33)38(44)43(30-9-10-30)24-28-20-27(6-5-15-46-4)21-32(22-28)49-25-39(2,3)45/h7-8,11-12,18-22,30,33-34,42,45H,5-6,9-10,13-17,23-25H2,1-4H3/t33?,34-/m0/s1. The number of nitrogens with zero attached hydrogens (tertiary/aromatic N) is 1. The van der Waals surface area contributed by atoms with E-state index in [-0.39, 0.29) is 30.4 Å². The van der Waals surface area contributed by atoms with E-state index < -0.39 is 5.60 Å². The first-order valence-electron chi connectivity index (χ1n) is 17.3. The molecule has 3 aromatic rings. The summed E-state index contributed by atoms with van der Waals surface area (Å²) in [5, 5.41) is 14.7. The molecule has 5 rings (SSSR count). The van der Waals surface area contributed by atoms with Crippen LogP contribution in [0.4, 0.5) is 0 Å². The van der Waals surface area contributed by atoms with Crippen LogP contribution >= 0.6 is 23.2 Å². The summed E-state index contributed by atoms with van der Waals surface area (Å²) in [6, 6.07) is 18.2. The highest BCUT2D eigenvalue weighted by Gasteiger charge is 2.40. The second-order valence-corrected chi connectivity index (χ2v) is 14.7. The Morgan fingerprint density at radius 2 is 1.61 bits per heavy atom. The van der Waals surface area contributed by atoms with E-state index in [4.69, 9.17) is 42.1 Å². The van der Waals surface area contributed by atoms with Gasteiger partial charge in [0.15, 0.2) is 5.75 Å². The first kappa shape index (κ1) is 37.3.